The zero-order chi connectivity index (χ0) is 22.8. The molecule has 0 radical (unpaired) electrons. The van der Waals surface area contributed by atoms with Crippen LogP contribution in [0.5, 0.6) is 0 Å². The highest BCUT2D eigenvalue weighted by molar-refractivity contribution is 6.60. The van der Waals surface area contributed by atoms with Crippen LogP contribution in [0, 0.1) is 0 Å². The van der Waals surface area contributed by atoms with Crippen molar-refractivity contribution in [2.24, 2.45) is 0 Å². The van der Waals surface area contributed by atoms with E-state index in [9.17, 15) is 4.79 Å². The average molecular weight is 457 g/mol. The van der Waals surface area contributed by atoms with E-state index in [0.717, 1.165) is 0 Å². The first-order chi connectivity index (χ1) is 13.8. The molecule has 0 bridgehead atoms. The number of hydrogen-bond donors (Lipinski definition) is 0. The Morgan fingerprint density at radius 1 is 0.793 bits per heavy atom. The van der Waals surface area contributed by atoms with Crippen molar-refractivity contribution in [3.63, 3.8) is 0 Å². The Hall–Kier alpha value is -0.636. The molecule has 29 heavy (non-hydrogen) atoms. The molecule has 0 N–H and O–H groups in total. The summed E-state index contributed by atoms with van der Waals surface area (Å²) in [4.78, 5) is 11.1. The minimum Gasteiger partial charge on any atom is -0.462 e. The van der Waals surface area contributed by atoms with E-state index in [1.165, 1.54) is 0 Å². The number of ether oxygens (including phenoxy) is 1. The van der Waals surface area contributed by atoms with Gasteiger partial charge in [0.2, 0.25) is 0 Å². The lowest BCUT2D eigenvalue weighted by atomic mass is 10.4. The Kier molecular flexibility index (Phi) is 19.1. The van der Waals surface area contributed by atoms with E-state index >= 15 is 0 Å². The van der Waals surface area contributed by atoms with E-state index in [2.05, 4.69) is 6.58 Å². The summed E-state index contributed by atoms with van der Waals surface area (Å²) < 4.78 is 42.3. The van der Waals surface area contributed by atoms with Crippen molar-refractivity contribution in [1.29, 1.82) is 0 Å². The third-order valence-corrected chi connectivity index (χ3v) is 8.83. The van der Waals surface area contributed by atoms with Crippen LogP contribution in [0.1, 0.15) is 41.0 Å². The number of carbonyl (C=O) groups excluding carboxylic acids is 1. The van der Waals surface area contributed by atoms with Gasteiger partial charge in [0.05, 0.1) is 6.61 Å². The van der Waals surface area contributed by atoms with Gasteiger partial charge in [0.15, 0.2) is 0 Å². The molecule has 0 fully saturated rings. The van der Waals surface area contributed by atoms with Crippen LogP contribution in [0.15, 0.2) is 12.2 Å². The molecule has 0 aliphatic rings. The van der Waals surface area contributed by atoms with E-state index in [4.69, 9.17) is 35.7 Å². The highest BCUT2D eigenvalue weighted by Crippen LogP contribution is 2.15. The molecule has 0 heterocycles. The first-order valence-corrected chi connectivity index (χ1v) is 13.4. The maximum absolute atomic E-state index is 11.1. The minimum atomic E-state index is -2.80. The fourth-order valence-corrected chi connectivity index (χ4v) is 5.69. The normalized spacial score (nSPS) is 11.6. The molecule has 0 atom stereocenters. The van der Waals surface area contributed by atoms with Crippen molar-refractivity contribution in [2.75, 3.05) is 54.4 Å². The molecule has 0 aliphatic heterocycles. The zero-order valence-corrected chi connectivity index (χ0v) is 21.3. The summed E-state index contributed by atoms with van der Waals surface area (Å²) in [5.74, 6) is -0.375. The van der Waals surface area contributed by atoms with E-state index in [1.54, 1.807) is 28.3 Å². The molecule has 0 unspecified atom stereocenters. The Bertz CT molecular complexity index is 394. The predicted molar refractivity (Wildman–Crippen MR) is 114 cm³/mol. The third kappa shape index (κ3) is 13.3. The lowest BCUT2D eigenvalue weighted by Crippen LogP contribution is -2.49. The molecule has 0 spiro atoms. The fourth-order valence-electron chi connectivity index (χ4n) is 2.09. The largest absolute Gasteiger partial charge is 0.679 e. The molecule has 0 aromatic carbocycles. The molecule has 0 aromatic rings. The minimum absolute atomic E-state index is 0.316. The van der Waals surface area contributed by atoms with Gasteiger partial charge in [-0.05, 0) is 41.0 Å². The second kappa shape index (κ2) is 18.2. The van der Waals surface area contributed by atoms with Crippen molar-refractivity contribution in [1.82, 2.24) is 0 Å². The molecular formula is C18H40O9Si2. The molecule has 9 nitrogen and oxygen atoms in total. The van der Waals surface area contributed by atoms with Crippen LogP contribution in [0.25, 0.3) is 0 Å². The maximum atomic E-state index is 11.1. The summed E-state index contributed by atoms with van der Waals surface area (Å²) in [7, 11) is -0.662. The first-order valence-electron chi connectivity index (χ1n) is 9.79. The SMILES string of the molecule is C=C(C)C(=O)OCCC[Si](OC)(OC)OC.CCO[Si](OCC)(OCC)OCC. The van der Waals surface area contributed by atoms with Gasteiger partial charge in [-0.15, -0.1) is 0 Å². The molecule has 0 saturated heterocycles. The van der Waals surface area contributed by atoms with Gasteiger partial charge in [-0.2, -0.15) is 0 Å². The van der Waals surface area contributed by atoms with Crippen molar-refractivity contribution in [3.8, 4) is 0 Å². The summed E-state index contributed by atoms with van der Waals surface area (Å²) in [6.45, 7) is 15.2. The number of rotatable bonds is 16. The smallest absolute Gasteiger partial charge is 0.462 e. The van der Waals surface area contributed by atoms with Gasteiger partial charge in [0.1, 0.15) is 0 Å². The number of hydrogen-bond acceptors (Lipinski definition) is 9. The monoisotopic (exact) mass is 456 g/mol. The van der Waals surface area contributed by atoms with Gasteiger partial charge in [-0.3, -0.25) is 0 Å². The van der Waals surface area contributed by atoms with Gasteiger partial charge in [-0.25, -0.2) is 4.79 Å². The maximum Gasteiger partial charge on any atom is 0.679 e. The van der Waals surface area contributed by atoms with E-state index in [0.29, 0.717) is 51.1 Å². The third-order valence-electron chi connectivity index (χ3n) is 3.43. The Morgan fingerprint density at radius 2 is 1.17 bits per heavy atom. The molecule has 0 aliphatic carbocycles. The van der Waals surface area contributed by atoms with Crippen molar-refractivity contribution >= 4 is 23.8 Å². The standard InChI is InChI=1S/C10H20O5Si.C8H20O4Si/c1-9(2)10(11)15-7-6-8-16(12-3,13-4)14-5;1-5-9-13(10-6-2,11-7-3)12-8-4/h1,6-8H2,2-5H3;5-8H2,1-4H3. The second-order valence-electron chi connectivity index (χ2n) is 5.55. The molecule has 0 amide bonds. The van der Waals surface area contributed by atoms with Gasteiger partial charge >= 0.3 is 23.8 Å². The zero-order valence-electron chi connectivity index (χ0n) is 19.3. The van der Waals surface area contributed by atoms with Crippen LogP contribution in [0.3, 0.4) is 0 Å². The van der Waals surface area contributed by atoms with Crippen molar-refractivity contribution < 1.29 is 40.5 Å². The van der Waals surface area contributed by atoms with Crippen molar-refractivity contribution in [2.45, 2.75) is 47.1 Å². The highest BCUT2D eigenvalue weighted by atomic mass is 28.4. The van der Waals surface area contributed by atoms with Crippen LogP contribution in [-0.2, 0) is 40.5 Å². The van der Waals surface area contributed by atoms with Crippen LogP contribution >= 0.6 is 0 Å². The van der Waals surface area contributed by atoms with Crippen molar-refractivity contribution in [3.05, 3.63) is 12.2 Å². The van der Waals surface area contributed by atoms with E-state index in [-0.39, 0.29) is 5.97 Å². The summed E-state index contributed by atoms with van der Waals surface area (Å²) in [6.07, 6.45) is 0.640. The second-order valence-corrected chi connectivity index (χ2v) is 10.8. The molecule has 174 valence electrons. The van der Waals surface area contributed by atoms with E-state index < -0.39 is 17.9 Å². The number of carbonyl (C=O) groups is 1. The molecule has 11 heteroatoms. The van der Waals surface area contributed by atoms with Gasteiger partial charge in [-0.1, -0.05) is 6.58 Å². The lowest BCUT2D eigenvalue weighted by molar-refractivity contribution is -0.139. The summed E-state index contributed by atoms with van der Waals surface area (Å²) >= 11 is 0. The van der Waals surface area contributed by atoms with Gasteiger partial charge in [0, 0.05) is 59.4 Å². The predicted octanol–water partition coefficient (Wildman–Crippen LogP) is 2.94. The summed E-state index contributed by atoms with van der Waals surface area (Å²) in [5, 5.41) is 0. The topological polar surface area (TPSA) is 90.9 Å². The Balaban J connectivity index is 0. The first kappa shape index (κ1) is 30.6. The number of esters is 1. The Labute approximate surface area is 178 Å². The summed E-state index contributed by atoms with van der Waals surface area (Å²) in [5.41, 5.74) is 0.397. The van der Waals surface area contributed by atoms with Gasteiger partial charge in [0.25, 0.3) is 0 Å². The fraction of sp³-hybridized carbons (Fsp3) is 0.833. The highest BCUT2D eigenvalue weighted by Gasteiger charge is 2.44. The molecular weight excluding hydrogens is 416 g/mol. The van der Waals surface area contributed by atoms with E-state index in [1.807, 2.05) is 27.7 Å². The average Bonchev–Trinajstić information content (AvgIpc) is 2.70. The van der Waals surface area contributed by atoms with Crippen LogP contribution < -0.4 is 0 Å². The lowest BCUT2D eigenvalue weighted by Gasteiger charge is -2.26. The van der Waals surface area contributed by atoms with Crippen LogP contribution in [0.4, 0.5) is 0 Å². The van der Waals surface area contributed by atoms with Gasteiger partial charge < -0.3 is 35.7 Å². The quantitative estimate of drug-likeness (QED) is 0.150. The molecule has 0 aromatic heterocycles. The van der Waals surface area contributed by atoms with Crippen LogP contribution in [0.2, 0.25) is 6.04 Å². The molecule has 0 rings (SSSR count). The summed E-state index contributed by atoms with van der Waals surface area (Å²) in [6, 6.07) is 0.611. The van der Waals surface area contributed by atoms with Crippen LogP contribution in [-0.4, -0.2) is 78.2 Å². The Morgan fingerprint density at radius 3 is 1.45 bits per heavy atom. The molecule has 0 saturated carbocycles.